The van der Waals surface area contributed by atoms with Crippen LogP contribution in [0.5, 0.6) is 11.5 Å². The van der Waals surface area contributed by atoms with Gasteiger partial charge in [0.1, 0.15) is 5.82 Å². The highest BCUT2D eigenvalue weighted by Gasteiger charge is 2.28. The summed E-state index contributed by atoms with van der Waals surface area (Å²) in [5, 5.41) is 0. The van der Waals surface area contributed by atoms with Gasteiger partial charge in [-0.3, -0.25) is 0 Å². The fourth-order valence-electron chi connectivity index (χ4n) is 6.70. The van der Waals surface area contributed by atoms with Crippen molar-refractivity contribution >= 4 is 11.4 Å². The van der Waals surface area contributed by atoms with Gasteiger partial charge in [-0.25, -0.2) is 15.0 Å². The highest BCUT2D eigenvalue weighted by atomic mass is 16.5. The molecule has 0 saturated heterocycles. The molecule has 7 aromatic rings. The number of benzene rings is 6. The van der Waals surface area contributed by atoms with Crippen molar-refractivity contribution in [3.63, 3.8) is 0 Å². The number of anilines is 2. The lowest BCUT2D eigenvalue weighted by atomic mass is 9.96. The molecule has 1 aliphatic heterocycles. The number of allylic oxidation sites excluding steroid dienone is 3. The molecule has 5 heteroatoms. The van der Waals surface area contributed by atoms with Crippen LogP contribution in [0.3, 0.4) is 0 Å². The van der Waals surface area contributed by atoms with Crippen LogP contribution < -0.4 is 9.64 Å². The summed E-state index contributed by atoms with van der Waals surface area (Å²) in [5.41, 5.74) is 9.56. The Morgan fingerprint density at radius 1 is 0.480 bits per heavy atom. The first-order chi connectivity index (χ1) is 24.8. The molecule has 0 saturated carbocycles. The Morgan fingerprint density at radius 3 is 1.48 bits per heavy atom. The first-order valence-electron chi connectivity index (χ1n) is 16.9. The van der Waals surface area contributed by atoms with Crippen molar-refractivity contribution in [2.24, 2.45) is 0 Å². The topological polar surface area (TPSA) is 51.1 Å². The molecule has 6 aromatic carbocycles. The van der Waals surface area contributed by atoms with Crippen molar-refractivity contribution in [1.82, 2.24) is 15.0 Å². The molecule has 9 rings (SSSR count). The molecule has 0 N–H and O–H groups in total. The third-order valence-corrected chi connectivity index (χ3v) is 9.21. The molecule has 0 fully saturated rings. The number of nitrogens with zero attached hydrogens (tertiary/aromatic N) is 4. The van der Waals surface area contributed by atoms with E-state index >= 15 is 0 Å². The summed E-state index contributed by atoms with van der Waals surface area (Å²) in [6, 6.07) is 54.1. The van der Waals surface area contributed by atoms with Crippen LogP contribution in [0.15, 0.2) is 182 Å². The molecule has 238 valence electrons. The third-order valence-electron chi connectivity index (χ3n) is 9.21. The Balaban J connectivity index is 1.11. The Bertz CT molecular complexity index is 2250. The van der Waals surface area contributed by atoms with Gasteiger partial charge in [0.15, 0.2) is 23.1 Å². The molecule has 1 aromatic heterocycles. The molecule has 2 aliphatic rings. The molecule has 1 aliphatic carbocycles. The van der Waals surface area contributed by atoms with Gasteiger partial charge in [-0.15, -0.1) is 0 Å². The molecule has 50 heavy (non-hydrogen) atoms. The smallest absolute Gasteiger partial charge is 0.163 e. The Labute approximate surface area is 291 Å². The molecule has 0 spiro atoms. The highest BCUT2D eigenvalue weighted by molar-refractivity contribution is 5.82. The minimum atomic E-state index is -0.0274. The number of ether oxygens (including phenoxy) is 1. The van der Waals surface area contributed by atoms with Gasteiger partial charge in [0.05, 0.1) is 11.4 Å². The molecule has 0 bridgehead atoms. The molecule has 2 heterocycles. The number of fused-ring (bicyclic) bond motifs is 2. The van der Waals surface area contributed by atoms with Gasteiger partial charge >= 0.3 is 0 Å². The predicted octanol–water partition coefficient (Wildman–Crippen LogP) is 11.4. The van der Waals surface area contributed by atoms with E-state index in [2.05, 4.69) is 132 Å². The molecule has 1 atom stereocenters. The standard InChI is InChI=1S/C45H32N4O/c1-3-13-31(14-4-1)34-17-11-19-36(29-34)44-46-43(47-45(48-44)37-20-12-18-35(30-37)32-15-5-2-6-16-32)33-25-27-38(28-26-33)49-39-21-7-9-23-41(39)50-42-24-10-8-22-40(42)49/h1-25,27-30,33H,26H2. The summed E-state index contributed by atoms with van der Waals surface area (Å²) < 4.78 is 6.25. The summed E-state index contributed by atoms with van der Waals surface area (Å²) in [5.74, 6) is 3.71. The van der Waals surface area contributed by atoms with Crippen molar-refractivity contribution in [2.45, 2.75) is 12.3 Å². The maximum atomic E-state index is 6.25. The predicted molar refractivity (Wildman–Crippen MR) is 201 cm³/mol. The van der Waals surface area contributed by atoms with Crippen LogP contribution in [0.4, 0.5) is 11.4 Å². The monoisotopic (exact) mass is 644 g/mol. The SMILES string of the molecule is C1=CC(c2nc(-c3cccc(-c4ccccc4)c3)nc(-c3cccc(-c4ccccc4)c3)n2)CC=C1N1c2ccccc2Oc2ccccc21. The number of aromatic nitrogens is 3. The Morgan fingerprint density at radius 2 is 0.960 bits per heavy atom. The summed E-state index contributed by atoms with van der Waals surface area (Å²) in [6.07, 6.45) is 7.42. The lowest BCUT2D eigenvalue weighted by Gasteiger charge is -2.34. The van der Waals surface area contributed by atoms with Crippen LogP contribution in [0.2, 0.25) is 0 Å². The summed E-state index contributed by atoms with van der Waals surface area (Å²) in [4.78, 5) is 17.6. The van der Waals surface area contributed by atoms with Gasteiger partial charge < -0.3 is 9.64 Å². The molecular formula is C45H32N4O. The lowest BCUT2D eigenvalue weighted by Crippen LogP contribution is -2.21. The molecule has 0 amide bonds. The van der Waals surface area contributed by atoms with Gasteiger partial charge in [-0.2, -0.15) is 0 Å². The third kappa shape index (κ3) is 5.65. The van der Waals surface area contributed by atoms with Crippen molar-refractivity contribution in [3.05, 3.63) is 187 Å². The van der Waals surface area contributed by atoms with Gasteiger partial charge in [-0.05, 0) is 71.1 Å². The Kier molecular flexibility index (Phi) is 7.56. The fourth-order valence-corrected chi connectivity index (χ4v) is 6.70. The largest absolute Gasteiger partial charge is 0.453 e. The van der Waals surface area contributed by atoms with Crippen LogP contribution >= 0.6 is 0 Å². The molecule has 0 radical (unpaired) electrons. The number of hydrogen-bond donors (Lipinski definition) is 0. The second kappa shape index (κ2) is 12.8. The van der Waals surface area contributed by atoms with Crippen molar-refractivity contribution in [1.29, 1.82) is 0 Å². The average molecular weight is 645 g/mol. The van der Waals surface area contributed by atoms with E-state index in [1.54, 1.807) is 0 Å². The highest BCUT2D eigenvalue weighted by Crippen LogP contribution is 2.49. The van der Waals surface area contributed by atoms with E-state index in [-0.39, 0.29) is 5.92 Å². The average Bonchev–Trinajstić information content (AvgIpc) is 3.20. The summed E-state index contributed by atoms with van der Waals surface area (Å²) in [7, 11) is 0. The van der Waals surface area contributed by atoms with Crippen LogP contribution in [0.25, 0.3) is 45.0 Å². The quantitative estimate of drug-likeness (QED) is 0.180. The van der Waals surface area contributed by atoms with Gasteiger partial charge in [0.2, 0.25) is 0 Å². The van der Waals surface area contributed by atoms with Gasteiger partial charge in [-0.1, -0.05) is 133 Å². The van der Waals surface area contributed by atoms with Crippen molar-refractivity contribution in [2.75, 3.05) is 4.90 Å². The summed E-state index contributed by atoms with van der Waals surface area (Å²) >= 11 is 0. The number of rotatable bonds is 6. The minimum Gasteiger partial charge on any atom is -0.453 e. The van der Waals surface area contributed by atoms with Gasteiger partial charge in [0, 0.05) is 22.7 Å². The number of para-hydroxylation sites is 4. The number of hydrogen-bond acceptors (Lipinski definition) is 5. The van der Waals surface area contributed by atoms with Crippen LogP contribution in [0.1, 0.15) is 18.2 Å². The second-order valence-electron chi connectivity index (χ2n) is 12.4. The van der Waals surface area contributed by atoms with E-state index in [9.17, 15) is 0 Å². The normalized spacial score (nSPS) is 14.7. The van der Waals surface area contributed by atoms with Crippen molar-refractivity contribution < 1.29 is 4.74 Å². The maximum Gasteiger partial charge on any atom is 0.163 e. The van der Waals surface area contributed by atoms with E-state index in [1.807, 2.05) is 48.5 Å². The lowest BCUT2D eigenvalue weighted by molar-refractivity contribution is 0.476. The minimum absolute atomic E-state index is 0.0274. The first-order valence-corrected chi connectivity index (χ1v) is 16.9. The van der Waals surface area contributed by atoms with Gasteiger partial charge in [0.25, 0.3) is 0 Å². The van der Waals surface area contributed by atoms with E-state index in [0.717, 1.165) is 74.2 Å². The van der Waals surface area contributed by atoms with Crippen molar-refractivity contribution in [3.8, 4) is 56.5 Å². The zero-order valence-corrected chi connectivity index (χ0v) is 27.2. The fraction of sp³-hybridized carbons (Fsp3) is 0.0444. The molecular weight excluding hydrogens is 613 g/mol. The van der Waals surface area contributed by atoms with E-state index in [0.29, 0.717) is 11.6 Å². The zero-order chi connectivity index (χ0) is 33.3. The van der Waals surface area contributed by atoms with E-state index < -0.39 is 0 Å². The summed E-state index contributed by atoms with van der Waals surface area (Å²) in [6.45, 7) is 0. The van der Waals surface area contributed by atoms with E-state index in [1.165, 1.54) is 0 Å². The van der Waals surface area contributed by atoms with Crippen LogP contribution in [0, 0.1) is 0 Å². The molecule has 5 nitrogen and oxygen atoms in total. The zero-order valence-electron chi connectivity index (χ0n) is 27.2. The molecule has 1 unspecified atom stereocenters. The van der Waals surface area contributed by atoms with E-state index in [4.69, 9.17) is 19.7 Å². The van der Waals surface area contributed by atoms with Crippen LogP contribution in [-0.4, -0.2) is 15.0 Å². The first kappa shape index (κ1) is 29.5. The maximum absolute atomic E-state index is 6.25. The second-order valence-corrected chi connectivity index (χ2v) is 12.4. The van der Waals surface area contributed by atoms with Crippen LogP contribution in [-0.2, 0) is 0 Å². The Hall–Kier alpha value is -6.59.